The Hall–Kier alpha value is -0.673. The molecule has 1 aromatic carbocycles. The Balaban J connectivity index is 0.00000144. The molecule has 5 N–H and O–H groups in total. The fourth-order valence-corrected chi connectivity index (χ4v) is 1.40. The van der Waals surface area contributed by atoms with Gasteiger partial charge in [-0.05, 0) is 18.2 Å². The molecule has 5 nitrogen and oxygen atoms in total. The van der Waals surface area contributed by atoms with Crippen molar-refractivity contribution in [2.24, 2.45) is 0 Å². The second-order valence-corrected chi connectivity index (χ2v) is 3.66. The first-order chi connectivity index (χ1) is 5.41. The number of rotatable bonds is 1. The van der Waals surface area contributed by atoms with E-state index in [9.17, 15) is 8.42 Å². The van der Waals surface area contributed by atoms with Crippen LogP contribution in [0.2, 0.25) is 0 Å². The number of benzene rings is 1. The van der Waals surface area contributed by atoms with Crippen LogP contribution in [0.5, 0.6) is 0 Å². The molecule has 0 unspecified atom stereocenters. The molecule has 1 rings (SSSR count). The molecule has 0 bridgehead atoms. The predicted molar refractivity (Wildman–Crippen MR) is 50.8 cm³/mol. The van der Waals surface area contributed by atoms with Crippen molar-refractivity contribution < 1.29 is 13.0 Å². The molecule has 1 radical (unpaired) electrons. The standard InChI is InChI=1S/C6H8N2O3S.Li/c7-4-1-2-6(5(8)3-4)12(9,10)11;/h1-3H,7-8H2,(H,9,10,11);. The van der Waals surface area contributed by atoms with Crippen molar-refractivity contribution in [3.63, 3.8) is 0 Å². The van der Waals surface area contributed by atoms with Gasteiger partial charge in [0.2, 0.25) is 0 Å². The summed E-state index contributed by atoms with van der Waals surface area (Å²) in [5, 5.41) is 0. The van der Waals surface area contributed by atoms with E-state index >= 15 is 0 Å². The van der Waals surface area contributed by atoms with E-state index in [1.165, 1.54) is 12.1 Å². The summed E-state index contributed by atoms with van der Waals surface area (Å²) in [6.07, 6.45) is 0. The molecule has 0 saturated carbocycles. The third-order valence-electron chi connectivity index (χ3n) is 1.31. The summed E-state index contributed by atoms with van der Waals surface area (Å²) in [6, 6.07) is 3.77. The minimum absolute atomic E-state index is 0. The summed E-state index contributed by atoms with van der Waals surface area (Å²) < 4.78 is 29.8. The maximum Gasteiger partial charge on any atom is 0.296 e. The van der Waals surface area contributed by atoms with E-state index in [-0.39, 0.29) is 29.4 Å². The molecule has 1 aromatic rings. The summed E-state index contributed by atoms with van der Waals surface area (Å²) in [5.74, 6) is 0. The number of hydrogen-bond donors (Lipinski definition) is 3. The molecular weight excluding hydrogens is 187 g/mol. The van der Waals surface area contributed by atoms with Gasteiger partial charge in [-0.3, -0.25) is 4.55 Å². The van der Waals surface area contributed by atoms with Gasteiger partial charge in [0.25, 0.3) is 10.1 Å². The second kappa shape index (κ2) is 4.02. The SMILES string of the molecule is Nc1ccc(S(=O)(=O)O)c(N)c1.[Li]. The third kappa shape index (κ3) is 2.93. The van der Waals surface area contributed by atoms with E-state index < -0.39 is 10.1 Å². The van der Waals surface area contributed by atoms with Crippen molar-refractivity contribution >= 4 is 40.4 Å². The Morgan fingerprint density at radius 3 is 2.15 bits per heavy atom. The van der Waals surface area contributed by atoms with Crippen molar-refractivity contribution in [2.45, 2.75) is 4.90 Å². The summed E-state index contributed by atoms with van der Waals surface area (Å²) in [7, 11) is -4.23. The Labute approximate surface area is 88.0 Å². The monoisotopic (exact) mass is 195 g/mol. The molecule has 0 amide bonds. The molecule has 0 aliphatic carbocycles. The molecule has 0 aliphatic heterocycles. The van der Waals surface area contributed by atoms with Crippen molar-refractivity contribution in [1.29, 1.82) is 0 Å². The van der Waals surface area contributed by atoms with E-state index in [2.05, 4.69) is 0 Å². The summed E-state index contributed by atoms with van der Waals surface area (Å²) in [5.41, 5.74) is 10.9. The molecule has 0 saturated heterocycles. The summed E-state index contributed by atoms with van der Waals surface area (Å²) in [6.45, 7) is 0. The van der Waals surface area contributed by atoms with E-state index in [1.807, 2.05) is 0 Å². The maximum atomic E-state index is 10.6. The molecule has 0 atom stereocenters. The van der Waals surface area contributed by atoms with Crippen LogP contribution in [0, 0.1) is 0 Å². The minimum atomic E-state index is -4.23. The van der Waals surface area contributed by atoms with Crippen molar-refractivity contribution in [2.75, 3.05) is 11.5 Å². The molecule has 0 aliphatic rings. The van der Waals surface area contributed by atoms with Crippen LogP contribution in [0.25, 0.3) is 0 Å². The molecule has 0 fully saturated rings. The van der Waals surface area contributed by atoms with Gasteiger partial charge in [-0.25, -0.2) is 0 Å². The van der Waals surface area contributed by atoms with Crippen molar-refractivity contribution in [3.8, 4) is 0 Å². The normalized spacial score (nSPS) is 10.5. The maximum absolute atomic E-state index is 10.6. The summed E-state index contributed by atoms with van der Waals surface area (Å²) >= 11 is 0. The Morgan fingerprint density at radius 1 is 1.23 bits per heavy atom. The molecule has 13 heavy (non-hydrogen) atoms. The van der Waals surface area contributed by atoms with Gasteiger partial charge < -0.3 is 11.5 Å². The van der Waals surface area contributed by atoms with Crippen molar-refractivity contribution in [1.82, 2.24) is 0 Å². The van der Waals surface area contributed by atoms with Gasteiger partial charge >= 0.3 is 0 Å². The molecule has 0 spiro atoms. The van der Waals surface area contributed by atoms with Gasteiger partial charge in [0.05, 0.1) is 5.69 Å². The largest absolute Gasteiger partial charge is 0.399 e. The van der Waals surface area contributed by atoms with Crippen LogP contribution in [0.3, 0.4) is 0 Å². The molecule has 0 heterocycles. The average molecular weight is 195 g/mol. The van der Waals surface area contributed by atoms with Gasteiger partial charge in [0.1, 0.15) is 4.90 Å². The van der Waals surface area contributed by atoms with E-state index in [4.69, 9.17) is 16.0 Å². The average Bonchev–Trinajstić information content (AvgIpc) is 1.83. The molecule has 67 valence electrons. The minimum Gasteiger partial charge on any atom is -0.399 e. The zero-order valence-corrected chi connectivity index (χ0v) is 7.88. The van der Waals surface area contributed by atoms with Crippen molar-refractivity contribution in [3.05, 3.63) is 18.2 Å². The molecule has 0 aromatic heterocycles. The van der Waals surface area contributed by atoms with Gasteiger partial charge in [0.15, 0.2) is 0 Å². The first-order valence-electron chi connectivity index (χ1n) is 3.04. The van der Waals surface area contributed by atoms with E-state index in [0.29, 0.717) is 5.69 Å². The quantitative estimate of drug-likeness (QED) is 0.324. The van der Waals surface area contributed by atoms with Crippen LogP contribution in [0.4, 0.5) is 11.4 Å². The number of nitrogens with two attached hydrogens (primary N) is 2. The zero-order valence-electron chi connectivity index (χ0n) is 7.06. The second-order valence-electron chi connectivity index (χ2n) is 2.27. The van der Waals surface area contributed by atoms with Gasteiger partial charge in [-0.15, -0.1) is 0 Å². The first-order valence-corrected chi connectivity index (χ1v) is 4.48. The topological polar surface area (TPSA) is 106 Å². The fourth-order valence-electron chi connectivity index (χ4n) is 0.802. The first kappa shape index (κ1) is 12.3. The van der Waals surface area contributed by atoms with Crippen LogP contribution in [-0.2, 0) is 10.1 Å². The predicted octanol–water partition coefficient (Wildman–Crippen LogP) is -0.283. The Bertz CT molecular complexity index is 404. The van der Waals surface area contributed by atoms with Gasteiger partial charge in [-0.2, -0.15) is 8.42 Å². The molecular formula is C6H8LiN2O3S. The zero-order chi connectivity index (χ0) is 9.35. The molecule has 7 heteroatoms. The van der Waals surface area contributed by atoms with Crippen LogP contribution in [0.1, 0.15) is 0 Å². The van der Waals surface area contributed by atoms with Crippen LogP contribution in [-0.4, -0.2) is 31.8 Å². The van der Waals surface area contributed by atoms with E-state index in [1.54, 1.807) is 0 Å². The summed E-state index contributed by atoms with van der Waals surface area (Å²) in [4.78, 5) is -0.322. The van der Waals surface area contributed by atoms with Crippen LogP contribution < -0.4 is 11.5 Å². The smallest absolute Gasteiger partial charge is 0.296 e. The van der Waals surface area contributed by atoms with Gasteiger partial charge in [-0.1, -0.05) is 0 Å². The van der Waals surface area contributed by atoms with Crippen LogP contribution in [0.15, 0.2) is 23.1 Å². The fraction of sp³-hybridized carbons (Fsp3) is 0. The Kier molecular flexibility index (Phi) is 3.82. The third-order valence-corrected chi connectivity index (χ3v) is 2.24. The van der Waals surface area contributed by atoms with Crippen LogP contribution >= 0.6 is 0 Å². The Morgan fingerprint density at radius 2 is 1.77 bits per heavy atom. The number of hydrogen-bond acceptors (Lipinski definition) is 4. The number of nitrogen functional groups attached to an aromatic ring is 2. The van der Waals surface area contributed by atoms with Gasteiger partial charge in [0, 0.05) is 24.5 Å². The van der Waals surface area contributed by atoms with E-state index in [0.717, 1.165) is 6.07 Å². The number of anilines is 2.